The van der Waals surface area contributed by atoms with Gasteiger partial charge in [-0.3, -0.25) is 4.79 Å². The molecule has 0 aliphatic rings. The van der Waals surface area contributed by atoms with Crippen molar-refractivity contribution in [2.75, 3.05) is 14.2 Å². The van der Waals surface area contributed by atoms with E-state index < -0.39 is 0 Å². The van der Waals surface area contributed by atoms with Crippen LogP contribution in [0.1, 0.15) is 15.9 Å². The summed E-state index contributed by atoms with van der Waals surface area (Å²) in [5.41, 5.74) is 1.18. The summed E-state index contributed by atoms with van der Waals surface area (Å²) < 4.78 is 10.4. The van der Waals surface area contributed by atoms with Gasteiger partial charge in [0, 0.05) is 16.7 Å². The van der Waals surface area contributed by atoms with Gasteiger partial charge in [0.2, 0.25) is 0 Å². The number of hydrogen-bond acceptors (Lipinski definition) is 6. The normalized spacial score (nSPS) is 10.3. The highest BCUT2D eigenvalue weighted by Gasteiger charge is 2.23. The first-order valence-electron chi connectivity index (χ1n) is 6.44. The Kier molecular flexibility index (Phi) is 4.53. The smallest absolute Gasteiger partial charge is 0.169 e. The van der Waals surface area contributed by atoms with Crippen LogP contribution < -0.4 is 9.47 Å². The lowest BCUT2D eigenvalue weighted by molar-refractivity contribution is 0.112. The number of carbonyl (C=O) groups excluding carboxylic acids is 1. The number of ether oxygens (including phenoxy) is 2. The summed E-state index contributed by atoms with van der Waals surface area (Å²) in [5, 5.41) is 29.5. The topological polar surface area (TPSA) is 96.2 Å². The third-order valence-corrected chi connectivity index (χ3v) is 3.35. The van der Waals surface area contributed by atoms with E-state index in [2.05, 4.69) is 0 Å². The third-order valence-electron chi connectivity index (χ3n) is 3.35. The first kappa shape index (κ1) is 15.7. The van der Waals surface area contributed by atoms with Crippen LogP contribution in [0.2, 0.25) is 0 Å². The maximum atomic E-state index is 11.4. The minimum absolute atomic E-state index is 0.0585. The molecule has 0 radical (unpaired) electrons. The van der Waals surface area contributed by atoms with Crippen LogP contribution in [0.5, 0.6) is 23.0 Å². The van der Waals surface area contributed by atoms with Crippen LogP contribution in [0.3, 0.4) is 0 Å². The molecule has 0 saturated carbocycles. The standard InChI is InChI=1S/C16H16O6/c1-21-15-11(19)5-3-9(7-17)13(15)14-10(8-18)4-6-12(20)16(14)22-2/h3-7,18-20H,8H2,1-2H3. The number of aromatic hydroxyl groups is 2. The molecule has 0 spiro atoms. The summed E-state index contributed by atoms with van der Waals surface area (Å²) in [6.07, 6.45) is 0.599. The number of benzene rings is 2. The first-order valence-corrected chi connectivity index (χ1v) is 6.44. The van der Waals surface area contributed by atoms with Crippen molar-refractivity contribution in [1.82, 2.24) is 0 Å². The first-order chi connectivity index (χ1) is 10.6. The van der Waals surface area contributed by atoms with Crippen molar-refractivity contribution in [2.24, 2.45) is 0 Å². The molecule has 0 aliphatic heterocycles. The van der Waals surface area contributed by atoms with E-state index >= 15 is 0 Å². The summed E-state index contributed by atoms with van der Waals surface area (Å²) in [7, 11) is 2.70. The number of carbonyl (C=O) groups is 1. The largest absolute Gasteiger partial charge is 0.504 e. The van der Waals surface area contributed by atoms with Gasteiger partial charge in [-0.15, -0.1) is 0 Å². The molecular formula is C16H16O6. The van der Waals surface area contributed by atoms with Gasteiger partial charge in [-0.25, -0.2) is 0 Å². The molecule has 0 amide bonds. The van der Waals surface area contributed by atoms with Crippen LogP contribution in [-0.2, 0) is 6.61 Å². The molecule has 6 nitrogen and oxygen atoms in total. The highest BCUT2D eigenvalue weighted by molar-refractivity contribution is 5.95. The van der Waals surface area contributed by atoms with Gasteiger partial charge in [0.15, 0.2) is 29.3 Å². The predicted octanol–water partition coefficient (Wildman–Crippen LogP) is 2.09. The predicted molar refractivity (Wildman–Crippen MR) is 79.6 cm³/mol. The third kappa shape index (κ3) is 2.44. The molecule has 0 heterocycles. The van der Waals surface area contributed by atoms with Gasteiger partial charge in [0.1, 0.15) is 0 Å². The summed E-state index contributed by atoms with van der Waals surface area (Å²) in [6.45, 7) is -0.344. The summed E-state index contributed by atoms with van der Waals surface area (Å²) in [6, 6.07) is 5.64. The van der Waals surface area contributed by atoms with Gasteiger partial charge in [0.25, 0.3) is 0 Å². The Bertz CT molecular complexity index is 708. The Hall–Kier alpha value is -2.73. The van der Waals surface area contributed by atoms with Crippen molar-refractivity contribution in [3.63, 3.8) is 0 Å². The van der Waals surface area contributed by atoms with Gasteiger partial charge < -0.3 is 24.8 Å². The molecule has 0 saturated heterocycles. The monoisotopic (exact) mass is 304 g/mol. The molecule has 0 aromatic heterocycles. The second-order valence-electron chi connectivity index (χ2n) is 4.51. The molecule has 22 heavy (non-hydrogen) atoms. The SMILES string of the molecule is COc1c(O)ccc(C=O)c1-c1c(CO)ccc(O)c1OC. The Morgan fingerprint density at radius 3 is 2.00 bits per heavy atom. The van der Waals surface area contributed by atoms with Crippen molar-refractivity contribution in [3.8, 4) is 34.1 Å². The fourth-order valence-electron chi connectivity index (χ4n) is 2.37. The molecule has 0 atom stereocenters. The Morgan fingerprint density at radius 1 is 0.955 bits per heavy atom. The van der Waals surface area contributed by atoms with Gasteiger partial charge in [-0.2, -0.15) is 0 Å². The zero-order valence-corrected chi connectivity index (χ0v) is 12.2. The van der Waals surface area contributed by atoms with Crippen molar-refractivity contribution >= 4 is 6.29 Å². The van der Waals surface area contributed by atoms with E-state index in [9.17, 15) is 20.1 Å². The number of aliphatic hydroxyl groups is 1. The fourth-order valence-corrected chi connectivity index (χ4v) is 2.37. The number of hydrogen-bond donors (Lipinski definition) is 3. The van der Waals surface area contributed by atoms with E-state index in [1.165, 1.54) is 38.5 Å². The highest BCUT2D eigenvalue weighted by atomic mass is 16.5. The molecule has 0 bridgehead atoms. The molecule has 3 N–H and O–H groups in total. The van der Waals surface area contributed by atoms with Gasteiger partial charge in [-0.1, -0.05) is 6.07 Å². The van der Waals surface area contributed by atoms with Crippen molar-refractivity contribution in [2.45, 2.75) is 6.61 Å². The van der Waals surface area contributed by atoms with Gasteiger partial charge >= 0.3 is 0 Å². The molecule has 2 aromatic carbocycles. The molecule has 2 aromatic rings. The fraction of sp³-hybridized carbons (Fsp3) is 0.188. The molecule has 0 aliphatic carbocycles. The number of phenols is 2. The lowest BCUT2D eigenvalue weighted by Crippen LogP contribution is -2.00. The number of aliphatic hydroxyl groups excluding tert-OH is 1. The van der Waals surface area contributed by atoms with Crippen molar-refractivity contribution in [1.29, 1.82) is 0 Å². The van der Waals surface area contributed by atoms with Gasteiger partial charge in [0.05, 0.1) is 20.8 Å². The van der Waals surface area contributed by atoms with E-state index in [0.717, 1.165) is 0 Å². The lowest BCUT2D eigenvalue weighted by Gasteiger charge is -2.18. The van der Waals surface area contributed by atoms with Crippen LogP contribution in [-0.4, -0.2) is 35.8 Å². The number of methoxy groups -OCH3 is 2. The zero-order valence-electron chi connectivity index (χ0n) is 12.2. The van der Waals surface area contributed by atoms with Crippen LogP contribution in [0, 0.1) is 0 Å². The second kappa shape index (κ2) is 6.36. The molecule has 2 rings (SSSR count). The van der Waals surface area contributed by atoms with Crippen molar-refractivity contribution in [3.05, 3.63) is 35.4 Å². The van der Waals surface area contributed by atoms with E-state index in [4.69, 9.17) is 9.47 Å². The van der Waals surface area contributed by atoms with Crippen LogP contribution in [0.25, 0.3) is 11.1 Å². The quantitative estimate of drug-likeness (QED) is 0.732. The molecule has 0 fully saturated rings. The average Bonchev–Trinajstić information content (AvgIpc) is 2.54. The molecule has 0 unspecified atom stereocenters. The van der Waals surface area contributed by atoms with E-state index in [-0.39, 0.29) is 40.7 Å². The average molecular weight is 304 g/mol. The van der Waals surface area contributed by atoms with Crippen LogP contribution >= 0.6 is 0 Å². The second-order valence-corrected chi connectivity index (χ2v) is 4.51. The van der Waals surface area contributed by atoms with E-state index in [0.29, 0.717) is 17.4 Å². The summed E-state index contributed by atoms with van der Waals surface area (Å²) >= 11 is 0. The number of phenolic OH excluding ortho intramolecular Hbond substituents is 2. The lowest BCUT2D eigenvalue weighted by atomic mass is 9.93. The molecule has 116 valence electrons. The van der Waals surface area contributed by atoms with E-state index in [1.54, 1.807) is 0 Å². The minimum Gasteiger partial charge on any atom is -0.504 e. The minimum atomic E-state index is -0.344. The van der Waals surface area contributed by atoms with E-state index in [1.807, 2.05) is 0 Å². The maximum Gasteiger partial charge on any atom is 0.169 e. The highest BCUT2D eigenvalue weighted by Crippen LogP contribution is 2.47. The summed E-state index contributed by atoms with van der Waals surface area (Å²) in [4.78, 5) is 11.4. The number of rotatable bonds is 5. The Labute approximate surface area is 127 Å². The Morgan fingerprint density at radius 2 is 1.50 bits per heavy atom. The Balaban J connectivity index is 2.95. The molecule has 6 heteroatoms. The van der Waals surface area contributed by atoms with Crippen LogP contribution in [0.4, 0.5) is 0 Å². The number of aldehydes is 1. The summed E-state index contributed by atoms with van der Waals surface area (Å²) in [5.74, 6) is -0.184. The maximum absolute atomic E-state index is 11.4. The zero-order chi connectivity index (χ0) is 16.3. The van der Waals surface area contributed by atoms with Crippen LogP contribution in [0.15, 0.2) is 24.3 Å². The van der Waals surface area contributed by atoms with Crippen molar-refractivity contribution < 1.29 is 29.6 Å². The van der Waals surface area contributed by atoms with Gasteiger partial charge in [-0.05, 0) is 23.8 Å². The molecular weight excluding hydrogens is 288 g/mol.